The Morgan fingerprint density at radius 2 is 1.93 bits per heavy atom. The van der Waals surface area contributed by atoms with E-state index >= 15 is 0 Å². The molecule has 27 heavy (non-hydrogen) atoms. The molecule has 0 saturated carbocycles. The second-order valence-corrected chi connectivity index (χ2v) is 7.99. The number of nitrogens with zero attached hydrogens (tertiary/aromatic N) is 3. The molecule has 142 valence electrons. The van der Waals surface area contributed by atoms with E-state index in [-0.39, 0.29) is 18.0 Å². The van der Waals surface area contributed by atoms with Crippen LogP contribution in [0.25, 0.3) is 11.0 Å². The third-order valence-corrected chi connectivity index (χ3v) is 5.68. The molecule has 0 aliphatic rings. The standard InChI is InChI=1S/C20H22ClN3O2S/c1-3-12-22(14-15-9-10-18(21)27-15)19(25)11-13-24-17-8-6-5-7-16(17)23(4-2)20(24)26/h3,5-10H,1,4,11-14H2,2H3. The van der Waals surface area contributed by atoms with E-state index in [0.29, 0.717) is 30.5 Å². The Hall–Kier alpha value is -2.31. The van der Waals surface area contributed by atoms with Crippen LogP contribution in [0.4, 0.5) is 0 Å². The molecule has 3 aromatic rings. The number of imidazole rings is 1. The van der Waals surface area contributed by atoms with E-state index < -0.39 is 0 Å². The molecule has 0 spiro atoms. The summed E-state index contributed by atoms with van der Waals surface area (Å²) in [5.41, 5.74) is 1.68. The fourth-order valence-electron chi connectivity index (χ4n) is 3.19. The molecule has 0 radical (unpaired) electrons. The van der Waals surface area contributed by atoms with Crippen LogP contribution in [0.1, 0.15) is 18.2 Å². The minimum absolute atomic E-state index is 0.0142. The molecule has 0 unspecified atom stereocenters. The Bertz CT molecular complexity index is 1020. The summed E-state index contributed by atoms with van der Waals surface area (Å²) in [6.45, 7) is 7.59. The lowest BCUT2D eigenvalue weighted by Crippen LogP contribution is -2.32. The molecular formula is C20H22ClN3O2S. The van der Waals surface area contributed by atoms with Crippen LogP contribution < -0.4 is 5.69 Å². The van der Waals surface area contributed by atoms with Gasteiger partial charge in [0.2, 0.25) is 5.91 Å². The van der Waals surface area contributed by atoms with Crippen LogP contribution in [-0.2, 0) is 24.4 Å². The van der Waals surface area contributed by atoms with Gasteiger partial charge in [0, 0.05) is 30.9 Å². The third-order valence-electron chi connectivity index (χ3n) is 4.47. The zero-order valence-corrected chi connectivity index (χ0v) is 16.8. The number of aryl methyl sites for hydroxylation is 2. The van der Waals surface area contributed by atoms with Gasteiger partial charge in [0.05, 0.1) is 21.9 Å². The number of hydrogen-bond donors (Lipinski definition) is 0. The van der Waals surface area contributed by atoms with Gasteiger partial charge in [-0.3, -0.25) is 13.9 Å². The largest absolute Gasteiger partial charge is 0.334 e. The molecule has 0 N–H and O–H groups in total. The number of para-hydroxylation sites is 2. The normalized spacial score (nSPS) is 11.0. The summed E-state index contributed by atoms with van der Waals surface area (Å²) in [5, 5.41) is 0. The molecule has 0 bridgehead atoms. The number of benzene rings is 1. The van der Waals surface area contributed by atoms with Crippen molar-refractivity contribution in [2.75, 3.05) is 6.54 Å². The van der Waals surface area contributed by atoms with Gasteiger partial charge < -0.3 is 4.90 Å². The van der Waals surface area contributed by atoms with Crippen molar-refractivity contribution in [3.63, 3.8) is 0 Å². The minimum atomic E-state index is -0.0770. The first-order chi connectivity index (χ1) is 13.0. The Morgan fingerprint density at radius 3 is 2.52 bits per heavy atom. The molecule has 0 aliphatic carbocycles. The highest BCUT2D eigenvalue weighted by Crippen LogP contribution is 2.23. The quantitative estimate of drug-likeness (QED) is 0.530. The summed E-state index contributed by atoms with van der Waals surface area (Å²) in [7, 11) is 0. The highest BCUT2D eigenvalue weighted by molar-refractivity contribution is 7.16. The number of rotatable bonds is 8. The molecule has 0 atom stereocenters. The maximum Gasteiger partial charge on any atom is 0.329 e. The van der Waals surface area contributed by atoms with Crippen LogP contribution in [0.5, 0.6) is 0 Å². The van der Waals surface area contributed by atoms with Crippen molar-refractivity contribution in [3.8, 4) is 0 Å². The molecule has 3 rings (SSSR count). The monoisotopic (exact) mass is 403 g/mol. The van der Waals surface area contributed by atoms with Crippen molar-refractivity contribution in [2.24, 2.45) is 0 Å². The summed E-state index contributed by atoms with van der Waals surface area (Å²) in [4.78, 5) is 28.2. The van der Waals surface area contributed by atoms with Crippen LogP contribution in [0.3, 0.4) is 0 Å². The first-order valence-electron chi connectivity index (χ1n) is 8.86. The lowest BCUT2D eigenvalue weighted by molar-refractivity contribution is -0.131. The van der Waals surface area contributed by atoms with Gasteiger partial charge in [0.25, 0.3) is 0 Å². The van der Waals surface area contributed by atoms with Crippen LogP contribution in [0.2, 0.25) is 4.34 Å². The maximum atomic E-state index is 12.8. The van der Waals surface area contributed by atoms with Crippen molar-refractivity contribution in [1.82, 2.24) is 14.0 Å². The van der Waals surface area contributed by atoms with Crippen molar-refractivity contribution >= 4 is 39.9 Å². The van der Waals surface area contributed by atoms with E-state index in [1.165, 1.54) is 11.3 Å². The number of halogens is 1. The molecule has 1 amide bonds. The Balaban J connectivity index is 1.77. The highest BCUT2D eigenvalue weighted by atomic mass is 35.5. The van der Waals surface area contributed by atoms with E-state index in [9.17, 15) is 9.59 Å². The SMILES string of the molecule is C=CCN(Cc1ccc(Cl)s1)C(=O)CCn1c(=O)n(CC)c2ccccc21. The molecule has 0 saturated heterocycles. The number of carbonyl (C=O) groups excluding carboxylic acids is 1. The van der Waals surface area contributed by atoms with Crippen molar-refractivity contribution in [1.29, 1.82) is 0 Å². The molecule has 5 nitrogen and oxygen atoms in total. The van der Waals surface area contributed by atoms with E-state index in [1.54, 1.807) is 20.1 Å². The molecular weight excluding hydrogens is 382 g/mol. The summed E-state index contributed by atoms with van der Waals surface area (Å²) < 4.78 is 4.12. The number of thiophene rings is 1. The number of amides is 1. The number of hydrogen-bond acceptors (Lipinski definition) is 3. The lowest BCUT2D eigenvalue weighted by atomic mass is 10.3. The lowest BCUT2D eigenvalue weighted by Gasteiger charge is -2.20. The van der Waals surface area contributed by atoms with Gasteiger partial charge in [0.15, 0.2) is 0 Å². The van der Waals surface area contributed by atoms with Gasteiger partial charge in [-0.1, -0.05) is 29.8 Å². The second kappa shape index (κ2) is 8.59. The van der Waals surface area contributed by atoms with Gasteiger partial charge >= 0.3 is 5.69 Å². The van der Waals surface area contributed by atoms with Gasteiger partial charge in [-0.05, 0) is 31.2 Å². The summed E-state index contributed by atoms with van der Waals surface area (Å²) in [6, 6.07) is 11.4. The first kappa shape index (κ1) is 19.5. The number of fused-ring (bicyclic) bond motifs is 1. The van der Waals surface area contributed by atoms with Crippen LogP contribution in [0.15, 0.2) is 53.8 Å². The minimum Gasteiger partial charge on any atom is -0.334 e. The predicted octanol–water partition coefficient (Wildman–Crippen LogP) is 4.14. The third kappa shape index (κ3) is 4.17. The fourth-order valence-corrected chi connectivity index (χ4v) is 4.30. The molecule has 2 aromatic heterocycles. The van der Waals surface area contributed by atoms with Gasteiger partial charge in [-0.15, -0.1) is 17.9 Å². The van der Waals surface area contributed by atoms with Crippen molar-refractivity contribution in [3.05, 3.63) is 68.8 Å². The summed E-state index contributed by atoms with van der Waals surface area (Å²) in [6.07, 6.45) is 1.97. The van der Waals surface area contributed by atoms with E-state index in [0.717, 1.165) is 15.9 Å². The topological polar surface area (TPSA) is 47.2 Å². The Morgan fingerprint density at radius 1 is 1.22 bits per heavy atom. The van der Waals surface area contributed by atoms with E-state index in [2.05, 4.69) is 6.58 Å². The van der Waals surface area contributed by atoms with Crippen molar-refractivity contribution in [2.45, 2.75) is 33.0 Å². The molecule has 1 aromatic carbocycles. The molecule has 0 fully saturated rings. The second-order valence-electron chi connectivity index (χ2n) is 6.19. The first-order valence-corrected chi connectivity index (χ1v) is 10.1. The van der Waals surface area contributed by atoms with Gasteiger partial charge in [-0.2, -0.15) is 0 Å². The molecule has 2 heterocycles. The van der Waals surface area contributed by atoms with Crippen molar-refractivity contribution < 1.29 is 4.79 Å². The molecule has 0 aliphatic heterocycles. The average Bonchev–Trinajstić information content (AvgIpc) is 3.19. The summed E-state index contributed by atoms with van der Waals surface area (Å²) >= 11 is 7.45. The van der Waals surface area contributed by atoms with Crippen LogP contribution in [-0.4, -0.2) is 26.5 Å². The highest BCUT2D eigenvalue weighted by Gasteiger charge is 2.17. The van der Waals surface area contributed by atoms with Crippen LogP contribution >= 0.6 is 22.9 Å². The van der Waals surface area contributed by atoms with Gasteiger partial charge in [0.1, 0.15) is 0 Å². The van der Waals surface area contributed by atoms with E-state index in [1.807, 2.05) is 43.3 Å². The zero-order chi connectivity index (χ0) is 19.4. The number of aromatic nitrogens is 2. The summed E-state index contributed by atoms with van der Waals surface area (Å²) in [5.74, 6) is -0.0142. The smallest absolute Gasteiger partial charge is 0.329 e. The Labute approximate surface area is 167 Å². The fraction of sp³-hybridized carbons (Fsp3) is 0.300. The predicted molar refractivity (Wildman–Crippen MR) is 111 cm³/mol. The molecule has 7 heteroatoms. The van der Waals surface area contributed by atoms with Crippen LogP contribution in [0, 0.1) is 0 Å². The zero-order valence-electron chi connectivity index (χ0n) is 15.2. The van der Waals surface area contributed by atoms with E-state index in [4.69, 9.17) is 11.6 Å². The van der Waals surface area contributed by atoms with Gasteiger partial charge in [-0.25, -0.2) is 4.79 Å². The maximum absolute atomic E-state index is 12.8. The Kier molecular flexibility index (Phi) is 6.19. The number of carbonyl (C=O) groups is 1. The average molecular weight is 404 g/mol.